The lowest BCUT2D eigenvalue weighted by Crippen LogP contribution is -2.34. The number of carbonyl (C=O) groups is 2. The van der Waals surface area contributed by atoms with Crippen LogP contribution >= 0.6 is 12.4 Å². The summed E-state index contributed by atoms with van der Waals surface area (Å²) in [5, 5.41) is 8.80. The molecule has 0 aliphatic heterocycles. The molecule has 23 heavy (non-hydrogen) atoms. The fraction of sp³-hybridized carbons (Fsp3) is 0.529. The molecule has 2 amide bonds. The van der Waals surface area contributed by atoms with Crippen LogP contribution in [0.25, 0.3) is 0 Å². The van der Waals surface area contributed by atoms with E-state index in [4.69, 9.17) is 0 Å². The number of halogens is 1. The second-order valence-corrected chi connectivity index (χ2v) is 6.34. The van der Waals surface area contributed by atoms with E-state index in [1.54, 1.807) is 12.1 Å². The number of hydrogen-bond donors (Lipinski definition) is 3. The standard InChI is InChI=1S/C17H27N3O2.ClH/c1-17(2,3)16(22)20-12-13-6-8-14(9-7-13)15(21)19-11-5-10-18-4;/h6-9,18H,5,10-12H2,1-4H3,(H,19,21)(H,20,22);1H. The van der Waals surface area contributed by atoms with Gasteiger partial charge in [0.05, 0.1) is 0 Å². The Bertz CT molecular complexity index is 496. The summed E-state index contributed by atoms with van der Waals surface area (Å²) in [6.07, 6.45) is 0.902. The van der Waals surface area contributed by atoms with Gasteiger partial charge < -0.3 is 16.0 Å². The Hall–Kier alpha value is -1.59. The summed E-state index contributed by atoms with van der Waals surface area (Å²) in [7, 11) is 1.89. The molecule has 1 rings (SSSR count). The van der Waals surface area contributed by atoms with Gasteiger partial charge in [-0.15, -0.1) is 12.4 Å². The number of amides is 2. The molecule has 1 aromatic carbocycles. The van der Waals surface area contributed by atoms with Crippen LogP contribution in [0.2, 0.25) is 0 Å². The Morgan fingerprint density at radius 2 is 1.61 bits per heavy atom. The third-order valence-electron chi connectivity index (χ3n) is 3.24. The third-order valence-corrected chi connectivity index (χ3v) is 3.24. The van der Waals surface area contributed by atoms with Crippen molar-refractivity contribution >= 4 is 24.2 Å². The van der Waals surface area contributed by atoms with Crippen molar-refractivity contribution in [3.8, 4) is 0 Å². The molecule has 130 valence electrons. The van der Waals surface area contributed by atoms with Gasteiger partial charge in [-0.1, -0.05) is 32.9 Å². The highest BCUT2D eigenvalue weighted by molar-refractivity contribution is 5.94. The predicted molar refractivity (Wildman–Crippen MR) is 95.9 cm³/mol. The second-order valence-electron chi connectivity index (χ2n) is 6.34. The summed E-state index contributed by atoms with van der Waals surface area (Å²) >= 11 is 0. The van der Waals surface area contributed by atoms with Crippen molar-refractivity contribution in [3.05, 3.63) is 35.4 Å². The van der Waals surface area contributed by atoms with Crippen molar-refractivity contribution < 1.29 is 9.59 Å². The van der Waals surface area contributed by atoms with Crippen LogP contribution in [0.5, 0.6) is 0 Å². The molecule has 0 aliphatic rings. The maximum atomic E-state index is 11.9. The molecule has 0 saturated heterocycles. The first-order chi connectivity index (χ1) is 10.3. The molecule has 6 heteroatoms. The SMILES string of the molecule is CNCCCNC(=O)c1ccc(CNC(=O)C(C)(C)C)cc1.Cl. The molecular formula is C17H28ClN3O2. The van der Waals surface area contributed by atoms with Gasteiger partial charge in [-0.05, 0) is 37.7 Å². The van der Waals surface area contributed by atoms with Gasteiger partial charge in [-0.3, -0.25) is 9.59 Å². The molecule has 0 bridgehead atoms. The quantitative estimate of drug-likeness (QED) is 0.665. The number of rotatable bonds is 7. The zero-order valence-electron chi connectivity index (χ0n) is 14.4. The summed E-state index contributed by atoms with van der Waals surface area (Å²) in [5.74, 6) is -0.0553. The minimum absolute atomic E-state index is 0. The second kappa shape index (κ2) is 10.2. The number of carbonyl (C=O) groups excluding carboxylic acids is 2. The van der Waals surface area contributed by atoms with Gasteiger partial charge in [-0.2, -0.15) is 0 Å². The van der Waals surface area contributed by atoms with Crippen LogP contribution in [-0.2, 0) is 11.3 Å². The van der Waals surface area contributed by atoms with Crippen LogP contribution in [0.4, 0.5) is 0 Å². The lowest BCUT2D eigenvalue weighted by Gasteiger charge is -2.17. The molecule has 0 aliphatic carbocycles. The largest absolute Gasteiger partial charge is 0.352 e. The van der Waals surface area contributed by atoms with E-state index in [0.29, 0.717) is 18.7 Å². The molecule has 0 fully saturated rings. The summed E-state index contributed by atoms with van der Waals surface area (Å²) < 4.78 is 0. The molecule has 5 nitrogen and oxygen atoms in total. The van der Waals surface area contributed by atoms with E-state index in [1.165, 1.54) is 0 Å². The summed E-state index contributed by atoms with van der Waals surface area (Å²) in [6, 6.07) is 7.30. The molecule has 3 N–H and O–H groups in total. The molecular weight excluding hydrogens is 314 g/mol. The van der Waals surface area contributed by atoms with Gasteiger partial charge in [0.25, 0.3) is 5.91 Å². The van der Waals surface area contributed by atoms with Crippen LogP contribution in [0.15, 0.2) is 24.3 Å². The Morgan fingerprint density at radius 3 is 2.13 bits per heavy atom. The van der Waals surface area contributed by atoms with E-state index in [1.807, 2.05) is 40.0 Å². The van der Waals surface area contributed by atoms with E-state index >= 15 is 0 Å². The first kappa shape index (κ1) is 21.4. The van der Waals surface area contributed by atoms with E-state index in [-0.39, 0.29) is 24.2 Å². The molecule has 0 unspecified atom stereocenters. The Kier molecular flexibility index (Phi) is 9.53. The predicted octanol–water partition coefficient (Wildman–Crippen LogP) is 2.11. The normalized spacial score (nSPS) is 10.6. The van der Waals surface area contributed by atoms with Crippen LogP contribution in [-0.4, -0.2) is 32.0 Å². The molecule has 0 atom stereocenters. The Balaban J connectivity index is 0.00000484. The first-order valence-electron chi connectivity index (χ1n) is 7.64. The van der Waals surface area contributed by atoms with Crippen LogP contribution in [0, 0.1) is 5.41 Å². The highest BCUT2D eigenvalue weighted by Crippen LogP contribution is 2.13. The van der Waals surface area contributed by atoms with Crippen molar-refractivity contribution in [2.75, 3.05) is 20.1 Å². The van der Waals surface area contributed by atoms with Crippen LogP contribution < -0.4 is 16.0 Å². The van der Waals surface area contributed by atoms with Gasteiger partial charge in [-0.25, -0.2) is 0 Å². The molecule has 0 spiro atoms. The molecule has 0 saturated carbocycles. The van der Waals surface area contributed by atoms with Crippen LogP contribution in [0.3, 0.4) is 0 Å². The average Bonchev–Trinajstić information content (AvgIpc) is 2.48. The zero-order chi connectivity index (χ0) is 16.6. The lowest BCUT2D eigenvalue weighted by molar-refractivity contribution is -0.128. The van der Waals surface area contributed by atoms with E-state index in [0.717, 1.165) is 18.5 Å². The highest BCUT2D eigenvalue weighted by atomic mass is 35.5. The summed E-state index contributed by atoms with van der Waals surface area (Å²) in [6.45, 7) is 7.65. The van der Waals surface area contributed by atoms with Crippen molar-refractivity contribution in [2.45, 2.75) is 33.7 Å². The Morgan fingerprint density at radius 1 is 1.00 bits per heavy atom. The topological polar surface area (TPSA) is 70.2 Å². The lowest BCUT2D eigenvalue weighted by atomic mass is 9.95. The summed E-state index contributed by atoms with van der Waals surface area (Å²) in [5.41, 5.74) is 1.22. The number of benzene rings is 1. The van der Waals surface area contributed by atoms with Gasteiger partial charge >= 0.3 is 0 Å². The smallest absolute Gasteiger partial charge is 0.251 e. The minimum atomic E-state index is -0.396. The number of hydrogen-bond acceptors (Lipinski definition) is 3. The van der Waals surface area contributed by atoms with Crippen molar-refractivity contribution in [1.29, 1.82) is 0 Å². The van der Waals surface area contributed by atoms with Crippen LogP contribution in [0.1, 0.15) is 43.1 Å². The van der Waals surface area contributed by atoms with Gasteiger partial charge in [0.1, 0.15) is 0 Å². The van der Waals surface area contributed by atoms with Crippen molar-refractivity contribution in [3.63, 3.8) is 0 Å². The average molecular weight is 342 g/mol. The maximum absolute atomic E-state index is 11.9. The van der Waals surface area contributed by atoms with E-state index in [2.05, 4.69) is 16.0 Å². The molecule has 0 radical (unpaired) electrons. The van der Waals surface area contributed by atoms with Gasteiger partial charge in [0.15, 0.2) is 0 Å². The van der Waals surface area contributed by atoms with E-state index in [9.17, 15) is 9.59 Å². The fourth-order valence-electron chi connectivity index (χ4n) is 1.79. The van der Waals surface area contributed by atoms with Crippen molar-refractivity contribution in [1.82, 2.24) is 16.0 Å². The van der Waals surface area contributed by atoms with Gasteiger partial charge in [0.2, 0.25) is 5.91 Å². The zero-order valence-corrected chi connectivity index (χ0v) is 15.2. The van der Waals surface area contributed by atoms with Gasteiger partial charge in [0, 0.05) is 24.1 Å². The summed E-state index contributed by atoms with van der Waals surface area (Å²) in [4.78, 5) is 23.7. The monoisotopic (exact) mass is 341 g/mol. The molecule has 0 heterocycles. The third kappa shape index (κ3) is 8.00. The maximum Gasteiger partial charge on any atom is 0.251 e. The van der Waals surface area contributed by atoms with E-state index < -0.39 is 5.41 Å². The molecule has 0 aromatic heterocycles. The number of nitrogens with one attached hydrogen (secondary N) is 3. The Labute approximate surface area is 145 Å². The minimum Gasteiger partial charge on any atom is -0.352 e. The highest BCUT2D eigenvalue weighted by Gasteiger charge is 2.20. The first-order valence-corrected chi connectivity index (χ1v) is 7.64. The fourth-order valence-corrected chi connectivity index (χ4v) is 1.79. The van der Waals surface area contributed by atoms with Crippen molar-refractivity contribution in [2.24, 2.45) is 5.41 Å². The molecule has 1 aromatic rings.